The molecule has 0 aliphatic carbocycles. The molecule has 0 radical (unpaired) electrons. The average Bonchev–Trinajstić information content (AvgIpc) is 2.82. The van der Waals surface area contributed by atoms with Crippen LogP contribution in [0.25, 0.3) is 0 Å². The largest absolute Gasteiger partial charge is 0.372 e. The van der Waals surface area contributed by atoms with Gasteiger partial charge in [0.1, 0.15) is 0 Å². The van der Waals surface area contributed by atoms with E-state index in [-0.39, 0.29) is 12.1 Å². The smallest absolute Gasteiger partial charge is 0.0981 e. The zero-order valence-corrected chi connectivity index (χ0v) is 14.0. The molecule has 0 saturated heterocycles. The van der Waals surface area contributed by atoms with Gasteiger partial charge in [-0.05, 0) is 33.4 Å². The number of benzene rings is 1. The number of nitrogens with zero attached hydrogens (tertiary/aromatic N) is 1. The van der Waals surface area contributed by atoms with Gasteiger partial charge in [0.2, 0.25) is 0 Å². The number of likely N-dealkylation sites (N-methyl/N-ethyl adjacent to an activating group) is 1. The molecule has 2 aromatic rings. The maximum absolute atomic E-state index is 6.00. The van der Waals surface area contributed by atoms with E-state index < -0.39 is 0 Å². The first-order valence-corrected chi connectivity index (χ1v) is 8.24. The molecule has 0 saturated carbocycles. The van der Waals surface area contributed by atoms with Gasteiger partial charge < -0.3 is 10.1 Å². The summed E-state index contributed by atoms with van der Waals surface area (Å²) in [5.74, 6) is 0. The molecule has 114 valence electrons. The molecule has 0 bridgehead atoms. The highest BCUT2D eigenvalue weighted by atomic mass is 32.1. The van der Waals surface area contributed by atoms with Crippen molar-refractivity contribution in [3.05, 3.63) is 51.5 Å². The van der Waals surface area contributed by atoms with E-state index >= 15 is 0 Å². The molecule has 2 atom stereocenters. The highest BCUT2D eigenvalue weighted by Crippen LogP contribution is 2.26. The van der Waals surface area contributed by atoms with Crippen LogP contribution >= 0.6 is 11.3 Å². The van der Waals surface area contributed by atoms with Crippen molar-refractivity contribution in [3.63, 3.8) is 0 Å². The van der Waals surface area contributed by atoms with Gasteiger partial charge in [-0.2, -0.15) is 0 Å². The number of ether oxygens (including phenoxy) is 1. The maximum Gasteiger partial charge on any atom is 0.0981 e. The van der Waals surface area contributed by atoms with E-state index in [4.69, 9.17) is 4.74 Å². The van der Waals surface area contributed by atoms with Crippen LogP contribution in [0, 0.1) is 13.8 Å². The van der Waals surface area contributed by atoms with Gasteiger partial charge >= 0.3 is 0 Å². The monoisotopic (exact) mass is 304 g/mol. The van der Waals surface area contributed by atoms with Crippen molar-refractivity contribution in [1.82, 2.24) is 10.3 Å². The minimum Gasteiger partial charge on any atom is -0.372 e. The Balaban J connectivity index is 2.19. The van der Waals surface area contributed by atoms with Crippen molar-refractivity contribution in [2.45, 2.75) is 39.3 Å². The van der Waals surface area contributed by atoms with Crippen molar-refractivity contribution in [2.75, 3.05) is 13.7 Å². The summed E-state index contributed by atoms with van der Waals surface area (Å²) < 4.78 is 6.00. The summed E-state index contributed by atoms with van der Waals surface area (Å²) in [6.07, 6.45) is 0.931. The quantitative estimate of drug-likeness (QED) is 0.847. The number of thiazole rings is 1. The summed E-state index contributed by atoms with van der Waals surface area (Å²) in [5.41, 5.74) is 2.35. The van der Waals surface area contributed by atoms with Crippen LogP contribution < -0.4 is 5.32 Å². The molecule has 1 aromatic heterocycles. The molecule has 0 fully saturated rings. The molecule has 1 N–H and O–H groups in total. The molecule has 1 aromatic carbocycles. The van der Waals surface area contributed by atoms with Crippen molar-refractivity contribution >= 4 is 11.3 Å². The number of aryl methyl sites for hydroxylation is 2. The van der Waals surface area contributed by atoms with E-state index in [0.717, 1.165) is 12.1 Å². The molecule has 2 rings (SSSR count). The fraction of sp³-hybridized carbons (Fsp3) is 0.471. The summed E-state index contributed by atoms with van der Waals surface area (Å²) in [6.45, 7) is 6.94. The molecule has 0 aliphatic heterocycles. The lowest BCUT2D eigenvalue weighted by Crippen LogP contribution is -2.35. The Morgan fingerprint density at radius 3 is 2.48 bits per heavy atom. The predicted octanol–water partition coefficient (Wildman–Crippen LogP) is 3.67. The Kier molecular flexibility index (Phi) is 5.91. The van der Waals surface area contributed by atoms with Gasteiger partial charge in [0, 0.05) is 23.9 Å². The fourth-order valence-corrected chi connectivity index (χ4v) is 3.43. The molecule has 4 heteroatoms. The number of rotatable bonds is 7. The maximum atomic E-state index is 6.00. The zero-order chi connectivity index (χ0) is 15.2. The van der Waals surface area contributed by atoms with Crippen molar-refractivity contribution < 1.29 is 4.74 Å². The van der Waals surface area contributed by atoms with Crippen LogP contribution in [-0.2, 0) is 11.2 Å². The summed E-state index contributed by atoms with van der Waals surface area (Å²) in [7, 11) is 1.99. The number of hydrogen-bond donors (Lipinski definition) is 1. The van der Waals surface area contributed by atoms with Crippen LogP contribution in [0.1, 0.15) is 34.2 Å². The van der Waals surface area contributed by atoms with E-state index in [0.29, 0.717) is 6.61 Å². The van der Waals surface area contributed by atoms with Crippen LogP contribution in [-0.4, -0.2) is 24.7 Å². The first kappa shape index (κ1) is 16.1. The van der Waals surface area contributed by atoms with E-state index in [1.165, 1.54) is 15.4 Å². The van der Waals surface area contributed by atoms with Crippen LogP contribution in [0.4, 0.5) is 0 Å². The summed E-state index contributed by atoms with van der Waals surface area (Å²) in [4.78, 5) is 5.96. The lowest BCUT2D eigenvalue weighted by molar-refractivity contribution is 0.0352. The molecule has 21 heavy (non-hydrogen) atoms. The van der Waals surface area contributed by atoms with Gasteiger partial charge in [-0.25, -0.2) is 4.98 Å². The topological polar surface area (TPSA) is 34.1 Å². The van der Waals surface area contributed by atoms with Crippen LogP contribution in [0.15, 0.2) is 30.3 Å². The minimum atomic E-state index is 0.0470. The first-order valence-electron chi connectivity index (χ1n) is 7.42. The second kappa shape index (κ2) is 7.69. The molecule has 3 nitrogen and oxygen atoms in total. The minimum absolute atomic E-state index is 0.0470. The van der Waals surface area contributed by atoms with E-state index in [1.807, 2.05) is 20.0 Å². The van der Waals surface area contributed by atoms with E-state index in [2.05, 4.69) is 48.4 Å². The Labute approximate surface area is 131 Å². The fourth-order valence-electron chi connectivity index (χ4n) is 2.44. The normalized spacial score (nSPS) is 14.1. The molecular formula is C17H24N2OS. The van der Waals surface area contributed by atoms with E-state index in [9.17, 15) is 0 Å². The molecule has 1 heterocycles. The van der Waals surface area contributed by atoms with Gasteiger partial charge in [-0.3, -0.25) is 0 Å². The highest BCUT2D eigenvalue weighted by Gasteiger charge is 2.23. The lowest BCUT2D eigenvalue weighted by atomic mass is 10.00. The third kappa shape index (κ3) is 4.13. The van der Waals surface area contributed by atoms with Crippen molar-refractivity contribution in [1.29, 1.82) is 0 Å². The standard InChI is InChI=1S/C17H24N2OS/c1-5-20-17(14-9-7-6-8-10-14)15(18-4)11-16-19-12(2)13(3)21-16/h6-10,15,17-18H,5,11H2,1-4H3. The van der Waals surface area contributed by atoms with Gasteiger partial charge in [0.15, 0.2) is 0 Å². The second-order valence-electron chi connectivity index (χ2n) is 5.14. The Hall–Kier alpha value is -1.23. The Morgan fingerprint density at radius 1 is 1.24 bits per heavy atom. The Morgan fingerprint density at radius 2 is 1.95 bits per heavy atom. The molecule has 2 unspecified atom stereocenters. The first-order chi connectivity index (χ1) is 10.2. The van der Waals surface area contributed by atoms with Gasteiger partial charge in [-0.1, -0.05) is 30.3 Å². The summed E-state index contributed by atoms with van der Waals surface area (Å²) in [5, 5.41) is 4.58. The van der Waals surface area contributed by atoms with Crippen molar-refractivity contribution in [2.24, 2.45) is 0 Å². The average molecular weight is 304 g/mol. The zero-order valence-electron chi connectivity index (χ0n) is 13.2. The van der Waals surface area contributed by atoms with Crippen LogP contribution in [0.2, 0.25) is 0 Å². The third-order valence-electron chi connectivity index (χ3n) is 3.68. The van der Waals surface area contributed by atoms with Gasteiger partial charge in [-0.15, -0.1) is 11.3 Å². The predicted molar refractivity (Wildman–Crippen MR) is 88.9 cm³/mol. The Bertz CT molecular complexity index is 534. The van der Waals surface area contributed by atoms with E-state index in [1.54, 1.807) is 11.3 Å². The number of aromatic nitrogens is 1. The summed E-state index contributed by atoms with van der Waals surface area (Å²) >= 11 is 1.78. The highest BCUT2D eigenvalue weighted by molar-refractivity contribution is 7.11. The van der Waals surface area contributed by atoms with Gasteiger partial charge in [0.05, 0.1) is 16.8 Å². The van der Waals surface area contributed by atoms with Gasteiger partial charge in [0.25, 0.3) is 0 Å². The number of hydrogen-bond acceptors (Lipinski definition) is 4. The number of nitrogens with one attached hydrogen (secondary N) is 1. The SMILES string of the molecule is CCOC(c1ccccc1)C(Cc1nc(C)c(C)s1)NC. The van der Waals surface area contributed by atoms with Crippen LogP contribution in [0.5, 0.6) is 0 Å². The second-order valence-corrected chi connectivity index (χ2v) is 6.42. The summed E-state index contributed by atoms with van der Waals surface area (Å²) in [6, 6.07) is 10.6. The molecule has 0 amide bonds. The molecule has 0 aliphatic rings. The van der Waals surface area contributed by atoms with Crippen LogP contribution in [0.3, 0.4) is 0 Å². The van der Waals surface area contributed by atoms with Crippen molar-refractivity contribution in [3.8, 4) is 0 Å². The third-order valence-corrected chi connectivity index (χ3v) is 4.77. The molecule has 0 spiro atoms. The lowest BCUT2D eigenvalue weighted by Gasteiger charge is -2.26. The molecular weight excluding hydrogens is 280 g/mol.